The van der Waals surface area contributed by atoms with Crippen LogP contribution in [-0.4, -0.2) is 16.7 Å². The van der Waals surface area contributed by atoms with Crippen molar-refractivity contribution in [3.8, 4) is 0 Å². The first-order valence-electron chi connectivity index (χ1n) is 5.66. The molecule has 2 saturated carbocycles. The molecule has 3 atom stereocenters. The maximum Gasteiger partial charge on any atom is 0.219 e. The summed E-state index contributed by atoms with van der Waals surface area (Å²) in [5.41, 5.74) is 0.753. The lowest BCUT2D eigenvalue weighted by molar-refractivity contribution is 0.0271. The second-order valence-electron chi connectivity index (χ2n) is 5.67. The van der Waals surface area contributed by atoms with Gasteiger partial charge >= 0.3 is 0 Å². The van der Waals surface area contributed by atoms with E-state index in [4.69, 9.17) is 17.0 Å². The van der Waals surface area contributed by atoms with Crippen molar-refractivity contribution >= 4 is 28.4 Å². The summed E-state index contributed by atoms with van der Waals surface area (Å²) in [5, 5.41) is 0. The lowest BCUT2D eigenvalue weighted by Crippen LogP contribution is -2.37. The highest BCUT2D eigenvalue weighted by atomic mass is 32.2. The first-order valence-corrected chi connectivity index (χ1v) is 7.29. The van der Waals surface area contributed by atoms with E-state index in [0.717, 1.165) is 5.92 Å². The molecule has 0 aliphatic heterocycles. The SMILES string of the molecule is CSC(=S)OC1CC2CCC1(C)C2(C)C. The van der Waals surface area contributed by atoms with Crippen LogP contribution in [0.2, 0.25) is 0 Å². The van der Waals surface area contributed by atoms with Crippen LogP contribution in [0.1, 0.15) is 40.0 Å². The third kappa shape index (κ3) is 1.54. The van der Waals surface area contributed by atoms with Crippen LogP contribution >= 0.6 is 24.0 Å². The normalized spacial score (nSPS) is 41.9. The predicted molar refractivity (Wildman–Crippen MR) is 70.2 cm³/mol. The van der Waals surface area contributed by atoms with Crippen molar-refractivity contribution in [1.82, 2.24) is 0 Å². The highest BCUT2D eigenvalue weighted by Crippen LogP contribution is 2.66. The molecular weight excluding hydrogens is 224 g/mol. The minimum absolute atomic E-state index is 0.331. The zero-order valence-electron chi connectivity index (χ0n) is 10.0. The van der Waals surface area contributed by atoms with Crippen LogP contribution in [0.3, 0.4) is 0 Å². The number of thioether (sulfide) groups is 1. The second kappa shape index (κ2) is 3.63. The summed E-state index contributed by atoms with van der Waals surface area (Å²) < 4.78 is 6.64. The number of ether oxygens (including phenoxy) is 1. The van der Waals surface area contributed by atoms with Crippen LogP contribution in [-0.2, 0) is 4.74 Å². The van der Waals surface area contributed by atoms with E-state index in [2.05, 4.69) is 20.8 Å². The van der Waals surface area contributed by atoms with Gasteiger partial charge in [-0.05, 0) is 49.1 Å². The summed E-state index contributed by atoms with van der Waals surface area (Å²) in [6, 6.07) is 0. The van der Waals surface area contributed by atoms with Crippen molar-refractivity contribution in [3.63, 3.8) is 0 Å². The predicted octanol–water partition coefficient (Wildman–Crippen LogP) is 3.87. The highest BCUT2D eigenvalue weighted by Gasteiger charge is 2.62. The van der Waals surface area contributed by atoms with Crippen LogP contribution in [0.25, 0.3) is 0 Å². The number of hydrogen-bond donors (Lipinski definition) is 0. The number of rotatable bonds is 1. The fourth-order valence-corrected chi connectivity index (χ4v) is 3.80. The van der Waals surface area contributed by atoms with Crippen LogP contribution in [0.15, 0.2) is 0 Å². The van der Waals surface area contributed by atoms with Crippen LogP contribution in [0.4, 0.5) is 0 Å². The third-order valence-corrected chi connectivity index (χ3v) is 6.14. The van der Waals surface area contributed by atoms with Gasteiger partial charge in [0.05, 0.1) is 0 Å². The Morgan fingerprint density at radius 1 is 1.40 bits per heavy atom. The maximum absolute atomic E-state index is 5.93. The largest absolute Gasteiger partial charge is 0.475 e. The highest BCUT2D eigenvalue weighted by molar-refractivity contribution is 8.22. The first kappa shape index (κ1) is 11.7. The quantitative estimate of drug-likeness (QED) is 0.648. The molecule has 15 heavy (non-hydrogen) atoms. The van der Waals surface area contributed by atoms with Gasteiger partial charge in [0.1, 0.15) is 6.10 Å². The minimum Gasteiger partial charge on any atom is -0.475 e. The molecule has 0 aromatic carbocycles. The van der Waals surface area contributed by atoms with E-state index in [1.807, 2.05) is 6.26 Å². The van der Waals surface area contributed by atoms with Crippen molar-refractivity contribution in [3.05, 3.63) is 0 Å². The Labute approximate surface area is 102 Å². The molecule has 2 aliphatic rings. The van der Waals surface area contributed by atoms with Crippen molar-refractivity contribution in [2.24, 2.45) is 16.7 Å². The summed E-state index contributed by atoms with van der Waals surface area (Å²) >= 11 is 6.72. The van der Waals surface area contributed by atoms with Gasteiger partial charge in [-0.1, -0.05) is 32.5 Å². The van der Waals surface area contributed by atoms with Crippen molar-refractivity contribution < 1.29 is 4.74 Å². The van der Waals surface area contributed by atoms with Crippen LogP contribution in [0.5, 0.6) is 0 Å². The molecule has 2 bridgehead atoms. The molecule has 0 aromatic rings. The molecule has 0 heterocycles. The molecule has 3 unspecified atom stereocenters. The first-order chi connectivity index (χ1) is 6.91. The van der Waals surface area contributed by atoms with Gasteiger partial charge in [-0.25, -0.2) is 0 Å². The average molecular weight is 244 g/mol. The molecule has 2 fully saturated rings. The monoisotopic (exact) mass is 244 g/mol. The van der Waals surface area contributed by atoms with Crippen molar-refractivity contribution in [2.75, 3.05) is 6.26 Å². The van der Waals surface area contributed by atoms with Gasteiger partial charge < -0.3 is 4.74 Å². The van der Waals surface area contributed by atoms with E-state index < -0.39 is 0 Å². The van der Waals surface area contributed by atoms with Gasteiger partial charge in [0, 0.05) is 5.41 Å². The average Bonchev–Trinajstić information content (AvgIpc) is 2.50. The van der Waals surface area contributed by atoms with E-state index >= 15 is 0 Å². The molecule has 2 rings (SSSR count). The Hall–Kier alpha value is 0.240. The number of hydrogen-bond acceptors (Lipinski definition) is 3. The summed E-state index contributed by atoms with van der Waals surface area (Å²) in [6.07, 6.45) is 6.21. The molecular formula is C12H20OS2. The fraction of sp³-hybridized carbons (Fsp3) is 0.917. The molecule has 0 spiro atoms. The Morgan fingerprint density at radius 3 is 2.47 bits per heavy atom. The van der Waals surface area contributed by atoms with Gasteiger partial charge in [0.15, 0.2) is 0 Å². The molecule has 86 valence electrons. The minimum atomic E-state index is 0.331. The summed E-state index contributed by atoms with van der Waals surface area (Å²) in [6.45, 7) is 7.18. The molecule has 0 saturated heterocycles. The summed E-state index contributed by atoms with van der Waals surface area (Å²) in [4.78, 5) is 0. The Morgan fingerprint density at radius 2 is 2.07 bits per heavy atom. The standard InChI is InChI=1S/C12H20OS2/c1-11(2)8-5-6-12(11,3)9(7-8)13-10(14)15-4/h8-9H,5-7H2,1-4H3. The van der Waals surface area contributed by atoms with E-state index in [0.29, 0.717) is 21.3 Å². The molecule has 0 aromatic heterocycles. The van der Waals surface area contributed by atoms with Gasteiger partial charge in [-0.3, -0.25) is 0 Å². The molecule has 0 radical (unpaired) electrons. The van der Waals surface area contributed by atoms with Crippen molar-refractivity contribution in [1.29, 1.82) is 0 Å². The van der Waals surface area contributed by atoms with Gasteiger partial charge in [-0.15, -0.1) is 0 Å². The van der Waals surface area contributed by atoms with Crippen molar-refractivity contribution in [2.45, 2.75) is 46.1 Å². The Balaban J connectivity index is 2.15. The van der Waals surface area contributed by atoms with E-state index in [-0.39, 0.29) is 0 Å². The van der Waals surface area contributed by atoms with Crippen LogP contribution < -0.4 is 0 Å². The number of thiocarbonyl (C=S) groups is 1. The lowest BCUT2D eigenvalue weighted by atomic mass is 9.70. The number of fused-ring (bicyclic) bond motifs is 2. The maximum atomic E-state index is 5.93. The molecule has 0 N–H and O–H groups in total. The van der Waals surface area contributed by atoms with E-state index in [9.17, 15) is 0 Å². The molecule has 3 heteroatoms. The Kier molecular flexibility index (Phi) is 2.83. The smallest absolute Gasteiger partial charge is 0.219 e. The topological polar surface area (TPSA) is 9.23 Å². The Bertz CT molecular complexity index is 287. The molecule has 2 aliphatic carbocycles. The molecule has 0 amide bonds. The molecule has 1 nitrogen and oxygen atoms in total. The van der Waals surface area contributed by atoms with Gasteiger partial charge in [-0.2, -0.15) is 0 Å². The lowest BCUT2D eigenvalue weighted by Gasteiger charge is -2.38. The zero-order valence-corrected chi connectivity index (χ0v) is 11.6. The van der Waals surface area contributed by atoms with Gasteiger partial charge in [0.25, 0.3) is 0 Å². The zero-order chi connectivity index (χ0) is 11.3. The summed E-state index contributed by atoms with van der Waals surface area (Å²) in [5.74, 6) is 0.831. The summed E-state index contributed by atoms with van der Waals surface area (Å²) in [7, 11) is 0. The van der Waals surface area contributed by atoms with Gasteiger partial charge in [0.2, 0.25) is 4.38 Å². The third-order valence-electron chi connectivity index (χ3n) is 5.12. The fourth-order valence-electron chi connectivity index (χ4n) is 3.47. The van der Waals surface area contributed by atoms with E-state index in [1.54, 1.807) is 11.8 Å². The van der Waals surface area contributed by atoms with Crippen LogP contribution in [0, 0.1) is 16.7 Å². The van der Waals surface area contributed by atoms with E-state index in [1.165, 1.54) is 19.3 Å². The second-order valence-corrected chi connectivity index (χ2v) is 7.08.